The zero-order valence-corrected chi connectivity index (χ0v) is 19.7. The molecule has 0 unspecified atom stereocenters. The Bertz CT molecular complexity index is 1170. The van der Waals surface area contributed by atoms with Gasteiger partial charge in [-0.1, -0.05) is 25.4 Å². The van der Waals surface area contributed by atoms with Crippen LogP contribution in [0.15, 0.2) is 29.3 Å². The van der Waals surface area contributed by atoms with Crippen molar-refractivity contribution in [3.05, 3.63) is 40.7 Å². The lowest BCUT2D eigenvalue weighted by molar-refractivity contribution is -0.141. The number of halogens is 4. The van der Waals surface area contributed by atoms with E-state index in [9.17, 15) is 26.4 Å². The normalized spacial score (nSPS) is 17.5. The number of primary amides is 1. The summed E-state index contributed by atoms with van der Waals surface area (Å²) in [5, 5.41) is 0.141. The topological polar surface area (TPSA) is 109 Å². The summed E-state index contributed by atoms with van der Waals surface area (Å²) in [6, 6.07) is 3.06. The molecule has 3 rings (SSSR count). The number of anilines is 2. The number of nitrogens with two attached hydrogens (primary N) is 1. The fraction of sp³-hybridized carbons (Fsp3) is 0.450. The molecule has 0 aliphatic carbocycles. The number of sulfone groups is 1. The first kappa shape index (κ1) is 25.0. The average molecular weight is 506 g/mol. The van der Waals surface area contributed by atoms with Crippen molar-refractivity contribution in [2.24, 2.45) is 11.7 Å². The van der Waals surface area contributed by atoms with Crippen LogP contribution < -0.4 is 15.5 Å². The summed E-state index contributed by atoms with van der Waals surface area (Å²) in [6.07, 6.45) is -2.55. The van der Waals surface area contributed by atoms with Crippen LogP contribution >= 0.6 is 11.6 Å². The third-order valence-electron chi connectivity index (χ3n) is 5.43. The molecule has 1 atom stereocenters. The van der Waals surface area contributed by atoms with Crippen LogP contribution in [-0.4, -0.2) is 56.2 Å². The molecule has 0 radical (unpaired) electrons. The van der Waals surface area contributed by atoms with E-state index in [1.165, 1.54) is 12.1 Å². The quantitative estimate of drug-likeness (QED) is 0.665. The van der Waals surface area contributed by atoms with E-state index in [2.05, 4.69) is 9.97 Å². The Morgan fingerprint density at radius 2 is 1.94 bits per heavy atom. The molecular formula is C20H23ClF3N5O3S. The van der Waals surface area contributed by atoms with E-state index in [1.54, 1.807) is 4.90 Å². The van der Waals surface area contributed by atoms with Gasteiger partial charge in [-0.2, -0.15) is 13.2 Å². The first-order valence-corrected chi connectivity index (χ1v) is 12.2. The first-order chi connectivity index (χ1) is 15.2. The third-order valence-corrected chi connectivity index (χ3v) is 6.87. The molecular weight excluding hydrogens is 483 g/mol. The van der Waals surface area contributed by atoms with Crippen molar-refractivity contribution in [3.8, 4) is 0 Å². The van der Waals surface area contributed by atoms with Gasteiger partial charge in [0.15, 0.2) is 9.84 Å². The van der Waals surface area contributed by atoms with Gasteiger partial charge in [-0.05, 0) is 24.1 Å². The molecule has 33 heavy (non-hydrogen) atoms. The van der Waals surface area contributed by atoms with E-state index in [1.807, 2.05) is 18.7 Å². The number of benzene rings is 1. The van der Waals surface area contributed by atoms with E-state index in [-0.39, 0.29) is 39.9 Å². The smallest absolute Gasteiger partial charge is 0.366 e. The number of carbonyl (C=O) groups is 1. The molecule has 1 saturated heterocycles. The summed E-state index contributed by atoms with van der Waals surface area (Å²) in [5.74, 6) is -0.963. The van der Waals surface area contributed by atoms with Crippen LogP contribution in [0.4, 0.5) is 24.8 Å². The van der Waals surface area contributed by atoms with Crippen LogP contribution in [0, 0.1) is 5.92 Å². The van der Waals surface area contributed by atoms with Crippen LogP contribution in [0.3, 0.4) is 0 Å². The van der Waals surface area contributed by atoms with Crippen LogP contribution in [0.1, 0.15) is 29.9 Å². The van der Waals surface area contributed by atoms with E-state index in [0.717, 1.165) is 18.5 Å². The van der Waals surface area contributed by atoms with Crippen molar-refractivity contribution in [3.63, 3.8) is 0 Å². The minimum absolute atomic E-state index is 0.0102. The van der Waals surface area contributed by atoms with Gasteiger partial charge in [0.2, 0.25) is 11.9 Å². The lowest BCUT2D eigenvalue weighted by Gasteiger charge is -2.44. The number of rotatable bonds is 5. The van der Waals surface area contributed by atoms with Crippen LogP contribution in [-0.2, 0) is 16.0 Å². The first-order valence-electron chi connectivity index (χ1n) is 9.95. The van der Waals surface area contributed by atoms with Crippen molar-refractivity contribution in [2.45, 2.75) is 31.0 Å². The van der Waals surface area contributed by atoms with Gasteiger partial charge in [-0.3, -0.25) is 4.79 Å². The second-order valence-corrected chi connectivity index (χ2v) is 10.5. The van der Waals surface area contributed by atoms with Crippen molar-refractivity contribution in [1.82, 2.24) is 9.97 Å². The zero-order valence-electron chi connectivity index (χ0n) is 18.1. The highest BCUT2D eigenvalue weighted by atomic mass is 35.5. The molecule has 1 amide bonds. The number of alkyl halides is 3. The largest absolute Gasteiger partial charge is 0.433 e. The summed E-state index contributed by atoms with van der Waals surface area (Å²) >= 11 is 6.37. The Balaban J connectivity index is 1.98. The molecule has 13 heteroatoms. The number of amides is 1. The highest BCUT2D eigenvalue weighted by Gasteiger charge is 2.36. The fourth-order valence-corrected chi connectivity index (χ4v) is 4.94. The maximum Gasteiger partial charge on any atom is 0.433 e. The van der Waals surface area contributed by atoms with Gasteiger partial charge < -0.3 is 15.5 Å². The summed E-state index contributed by atoms with van der Waals surface area (Å²) < 4.78 is 63.9. The lowest BCUT2D eigenvalue weighted by Crippen LogP contribution is -2.56. The molecule has 0 bridgehead atoms. The molecule has 1 aromatic heterocycles. The molecule has 2 N–H and O–H groups in total. The molecule has 2 heterocycles. The van der Waals surface area contributed by atoms with Gasteiger partial charge in [0.25, 0.3) is 0 Å². The van der Waals surface area contributed by atoms with Crippen LogP contribution in [0.5, 0.6) is 0 Å². The van der Waals surface area contributed by atoms with Gasteiger partial charge >= 0.3 is 6.18 Å². The van der Waals surface area contributed by atoms with Crippen molar-refractivity contribution in [1.29, 1.82) is 0 Å². The SMILES string of the molecule is CC(C)[C@@H]1CN(c2cc(S(C)(=O)=O)c(C(N)=O)cc2Cl)CCN1c1nccc(C(F)(F)F)n1. The maximum atomic E-state index is 13.1. The van der Waals surface area contributed by atoms with E-state index >= 15 is 0 Å². The Hall–Kier alpha value is -2.60. The van der Waals surface area contributed by atoms with E-state index in [4.69, 9.17) is 17.3 Å². The van der Waals surface area contributed by atoms with Crippen molar-refractivity contribution < 1.29 is 26.4 Å². The highest BCUT2D eigenvalue weighted by molar-refractivity contribution is 7.90. The Morgan fingerprint density at radius 1 is 1.27 bits per heavy atom. The Kier molecular flexibility index (Phi) is 6.81. The van der Waals surface area contributed by atoms with Gasteiger partial charge in [-0.25, -0.2) is 18.4 Å². The lowest BCUT2D eigenvalue weighted by atomic mass is 9.99. The summed E-state index contributed by atoms with van der Waals surface area (Å²) in [4.78, 5) is 22.8. The van der Waals surface area contributed by atoms with Crippen LogP contribution in [0.25, 0.3) is 0 Å². The number of hydrogen-bond acceptors (Lipinski definition) is 7. The molecule has 0 spiro atoms. The van der Waals surface area contributed by atoms with Crippen LogP contribution in [0.2, 0.25) is 5.02 Å². The molecule has 1 fully saturated rings. The highest BCUT2D eigenvalue weighted by Crippen LogP contribution is 2.35. The minimum atomic E-state index is -4.59. The molecule has 8 nitrogen and oxygen atoms in total. The monoisotopic (exact) mass is 505 g/mol. The summed E-state index contributed by atoms with van der Waals surface area (Å²) in [6.45, 7) is 4.72. The standard InChI is InChI=1S/C20H23ClF3N5O3S/c1-11(2)15-10-28(6-7-29(15)19-26-5-4-17(27-19)20(22,23)24)14-9-16(33(3,31)32)12(18(25)30)8-13(14)21/h4-5,8-9,11,15H,6-7,10H2,1-3H3,(H2,25,30)/t15-/m0/s1. The molecule has 0 saturated carbocycles. The summed E-state index contributed by atoms with van der Waals surface area (Å²) in [5.41, 5.74) is 4.47. The Morgan fingerprint density at radius 3 is 2.48 bits per heavy atom. The summed E-state index contributed by atoms with van der Waals surface area (Å²) in [7, 11) is -3.78. The van der Waals surface area contributed by atoms with Crippen molar-refractivity contribution >= 4 is 39.0 Å². The van der Waals surface area contributed by atoms with Gasteiger partial charge in [-0.15, -0.1) is 0 Å². The second-order valence-electron chi connectivity index (χ2n) is 8.13. The third kappa shape index (κ3) is 5.32. The van der Waals surface area contributed by atoms with Gasteiger partial charge in [0, 0.05) is 32.1 Å². The zero-order chi connectivity index (χ0) is 24.7. The number of hydrogen-bond donors (Lipinski definition) is 1. The predicted molar refractivity (Wildman–Crippen MR) is 118 cm³/mol. The second kappa shape index (κ2) is 8.98. The molecule has 2 aromatic rings. The maximum absolute atomic E-state index is 13.1. The van der Waals surface area contributed by atoms with Crippen molar-refractivity contribution in [2.75, 3.05) is 35.7 Å². The number of piperazine rings is 1. The fourth-order valence-electron chi connectivity index (χ4n) is 3.78. The number of nitrogens with zero attached hydrogens (tertiary/aromatic N) is 4. The van der Waals surface area contributed by atoms with Gasteiger partial charge in [0.05, 0.1) is 27.2 Å². The molecule has 1 aromatic carbocycles. The minimum Gasteiger partial charge on any atom is -0.366 e. The average Bonchev–Trinajstić information content (AvgIpc) is 2.71. The van der Waals surface area contributed by atoms with E-state index in [0.29, 0.717) is 18.8 Å². The van der Waals surface area contributed by atoms with E-state index < -0.39 is 27.6 Å². The Labute approximate surface area is 194 Å². The molecule has 1 aliphatic rings. The number of aromatic nitrogens is 2. The number of carbonyl (C=O) groups excluding carboxylic acids is 1. The predicted octanol–water partition coefficient (Wildman–Crippen LogP) is 3.00. The van der Waals surface area contributed by atoms with Gasteiger partial charge in [0.1, 0.15) is 5.69 Å². The molecule has 1 aliphatic heterocycles. The molecule has 180 valence electrons.